The van der Waals surface area contributed by atoms with Crippen molar-refractivity contribution in [2.45, 2.75) is 27.3 Å². The first-order chi connectivity index (χ1) is 9.56. The molecule has 2 aromatic rings. The van der Waals surface area contributed by atoms with Crippen LogP contribution in [0.5, 0.6) is 5.88 Å². The fourth-order valence-corrected chi connectivity index (χ4v) is 2.29. The van der Waals surface area contributed by atoms with Crippen molar-refractivity contribution >= 4 is 11.6 Å². The summed E-state index contributed by atoms with van der Waals surface area (Å²) in [7, 11) is 1.56. The third-order valence-corrected chi connectivity index (χ3v) is 3.34. The van der Waals surface area contributed by atoms with Crippen molar-refractivity contribution in [3.8, 4) is 5.88 Å². The smallest absolute Gasteiger partial charge is 0.257 e. The van der Waals surface area contributed by atoms with Gasteiger partial charge in [-0.1, -0.05) is 0 Å². The van der Waals surface area contributed by atoms with Crippen LogP contribution in [0.15, 0.2) is 24.4 Å². The molecule has 0 saturated heterocycles. The first kappa shape index (κ1) is 14.1. The molecule has 2 aromatic heterocycles. The quantitative estimate of drug-likeness (QED) is 0.932. The first-order valence-electron chi connectivity index (χ1n) is 6.55. The number of nitrogens with zero attached hydrogens (tertiary/aromatic N) is 2. The van der Waals surface area contributed by atoms with E-state index in [2.05, 4.69) is 21.8 Å². The summed E-state index contributed by atoms with van der Waals surface area (Å²) in [6, 6.07) is 5.39. The minimum Gasteiger partial charge on any atom is -0.481 e. The molecule has 0 atom stereocenters. The molecular weight excluding hydrogens is 254 g/mol. The van der Waals surface area contributed by atoms with Gasteiger partial charge in [0.05, 0.1) is 24.6 Å². The van der Waals surface area contributed by atoms with Crippen LogP contribution in [0.2, 0.25) is 0 Å². The highest BCUT2D eigenvalue weighted by atomic mass is 16.5. The van der Waals surface area contributed by atoms with Crippen molar-refractivity contribution in [1.82, 2.24) is 9.55 Å². The zero-order valence-electron chi connectivity index (χ0n) is 12.2. The molecule has 0 aliphatic heterocycles. The number of anilines is 1. The fourth-order valence-electron chi connectivity index (χ4n) is 2.29. The van der Waals surface area contributed by atoms with Crippen LogP contribution in [0.25, 0.3) is 0 Å². The molecule has 0 saturated carbocycles. The number of carbonyl (C=O) groups is 1. The molecule has 0 radical (unpaired) electrons. The van der Waals surface area contributed by atoms with E-state index in [1.807, 2.05) is 19.9 Å². The van der Waals surface area contributed by atoms with E-state index in [4.69, 9.17) is 4.74 Å². The second-order valence-corrected chi connectivity index (χ2v) is 4.57. The number of aryl methyl sites for hydroxylation is 1. The Kier molecular flexibility index (Phi) is 4.08. The maximum atomic E-state index is 12.3. The molecule has 1 amide bonds. The lowest BCUT2D eigenvalue weighted by atomic mass is 10.2. The maximum absolute atomic E-state index is 12.3. The normalized spacial score (nSPS) is 10.4. The lowest BCUT2D eigenvalue weighted by Gasteiger charge is -2.07. The number of hydrogen-bond donors (Lipinski definition) is 1. The van der Waals surface area contributed by atoms with Crippen LogP contribution in [0.1, 0.15) is 28.7 Å². The van der Waals surface area contributed by atoms with Crippen molar-refractivity contribution in [1.29, 1.82) is 0 Å². The van der Waals surface area contributed by atoms with Crippen molar-refractivity contribution in [2.75, 3.05) is 12.4 Å². The molecule has 0 bridgehead atoms. The van der Waals surface area contributed by atoms with E-state index in [-0.39, 0.29) is 5.91 Å². The number of nitrogens with one attached hydrogen (secondary N) is 1. The number of ether oxygens (including phenoxy) is 1. The summed E-state index contributed by atoms with van der Waals surface area (Å²) in [5.41, 5.74) is 3.41. The van der Waals surface area contributed by atoms with E-state index in [1.165, 1.54) is 0 Å². The van der Waals surface area contributed by atoms with Crippen molar-refractivity contribution in [3.05, 3.63) is 41.3 Å². The Bertz CT molecular complexity index is 615. The summed E-state index contributed by atoms with van der Waals surface area (Å²) >= 11 is 0. The predicted octanol–water partition coefficient (Wildman–Crippen LogP) is 2.78. The van der Waals surface area contributed by atoms with Crippen LogP contribution in [0.4, 0.5) is 5.69 Å². The van der Waals surface area contributed by atoms with Crippen LogP contribution in [-0.2, 0) is 6.54 Å². The molecule has 0 aliphatic rings. The Morgan fingerprint density at radius 1 is 1.40 bits per heavy atom. The minimum atomic E-state index is -0.121. The second kappa shape index (κ2) is 5.77. The molecule has 20 heavy (non-hydrogen) atoms. The fraction of sp³-hybridized carbons (Fsp3) is 0.333. The number of methoxy groups -OCH3 is 1. The lowest BCUT2D eigenvalue weighted by Crippen LogP contribution is -2.13. The minimum absolute atomic E-state index is 0.121. The lowest BCUT2D eigenvalue weighted by molar-refractivity contribution is 0.102. The van der Waals surface area contributed by atoms with Gasteiger partial charge in [0.2, 0.25) is 5.88 Å². The second-order valence-electron chi connectivity index (χ2n) is 4.57. The Balaban J connectivity index is 2.19. The number of carbonyl (C=O) groups excluding carboxylic acids is 1. The van der Waals surface area contributed by atoms with Crippen LogP contribution in [0.3, 0.4) is 0 Å². The van der Waals surface area contributed by atoms with Gasteiger partial charge in [0.1, 0.15) is 0 Å². The highest BCUT2D eigenvalue weighted by molar-refractivity contribution is 6.05. The van der Waals surface area contributed by atoms with E-state index < -0.39 is 0 Å². The average molecular weight is 273 g/mol. The van der Waals surface area contributed by atoms with Gasteiger partial charge in [0.15, 0.2) is 0 Å². The molecule has 2 heterocycles. The number of hydrogen-bond acceptors (Lipinski definition) is 3. The van der Waals surface area contributed by atoms with E-state index in [9.17, 15) is 4.79 Å². The highest BCUT2D eigenvalue weighted by Gasteiger charge is 2.15. The summed E-state index contributed by atoms with van der Waals surface area (Å²) in [6.45, 7) is 6.88. The van der Waals surface area contributed by atoms with Gasteiger partial charge >= 0.3 is 0 Å². The maximum Gasteiger partial charge on any atom is 0.257 e. The number of pyridine rings is 1. The van der Waals surface area contributed by atoms with Gasteiger partial charge in [-0.25, -0.2) is 4.98 Å². The van der Waals surface area contributed by atoms with Crippen LogP contribution >= 0.6 is 0 Å². The summed E-state index contributed by atoms with van der Waals surface area (Å²) in [4.78, 5) is 16.4. The molecule has 106 valence electrons. The summed E-state index contributed by atoms with van der Waals surface area (Å²) < 4.78 is 7.10. The molecule has 0 spiro atoms. The van der Waals surface area contributed by atoms with Crippen LogP contribution < -0.4 is 10.1 Å². The van der Waals surface area contributed by atoms with Gasteiger partial charge in [-0.05, 0) is 32.9 Å². The highest BCUT2D eigenvalue weighted by Crippen LogP contribution is 2.17. The molecule has 0 aliphatic carbocycles. The SMILES string of the molecule is CCn1c(C)cc(C(=O)Nc2ccc(OC)nc2)c1C. The summed E-state index contributed by atoms with van der Waals surface area (Å²) in [6.07, 6.45) is 1.58. The van der Waals surface area contributed by atoms with E-state index >= 15 is 0 Å². The number of rotatable bonds is 4. The van der Waals surface area contributed by atoms with E-state index in [0.717, 1.165) is 17.9 Å². The van der Waals surface area contributed by atoms with Gasteiger partial charge < -0.3 is 14.6 Å². The van der Waals surface area contributed by atoms with E-state index in [0.29, 0.717) is 17.1 Å². The Hall–Kier alpha value is -2.30. The third-order valence-electron chi connectivity index (χ3n) is 3.34. The van der Waals surface area contributed by atoms with Gasteiger partial charge in [-0.3, -0.25) is 4.79 Å². The van der Waals surface area contributed by atoms with Gasteiger partial charge in [-0.2, -0.15) is 0 Å². The topological polar surface area (TPSA) is 56.2 Å². The van der Waals surface area contributed by atoms with Crippen molar-refractivity contribution in [3.63, 3.8) is 0 Å². The summed E-state index contributed by atoms with van der Waals surface area (Å²) in [5.74, 6) is 0.400. The predicted molar refractivity (Wildman–Crippen MR) is 78.3 cm³/mol. The monoisotopic (exact) mass is 273 g/mol. The Labute approximate surface area is 118 Å². The average Bonchev–Trinajstić information content (AvgIpc) is 2.74. The third kappa shape index (κ3) is 2.66. The molecule has 0 fully saturated rings. The molecule has 0 aromatic carbocycles. The van der Waals surface area contributed by atoms with Gasteiger partial charge in [0, 0.05) is 24.0 Å². The Morgan fingerprint density at radius 2 is 2.15 bits per heavy atom. The molecular formula is C15H19N3O2. The van der Waals surface area contributed by atoms with Crippen LogP contribution in [0, 0.1) is 13.8 Å². The first-order valence-corrected chi connectivity index (χ1v) is 6.55. The van der Waals surface area contributed by atoms with Crippen LogP contribution in [-0.4, -0.2) is 22.6 Å². The van der Waals surface area contributed by atoms with Crippen molar-refractivity contribution < 1.29 is 9.53 Å². The molecule has 2 rings (SSSR count). The molecule has 1 N–H and O–H groups in total. The standard InChI is InChI=1S/C15H19N3O2/c1-5-18-10(2)8-13(11(18)3)15(19)17-12-6-7-14(20-4)16-9-12/h6-9H,5H2,1-4H3,(H,17,19). The number of aromatic nitrogens is 2. The zero-order valence-corrected chi connectivity index (χ0v) is 12.2. The van der Waals surface area contributed by atoms with Gasteiger partial charge in [0.25, 0.3) is 5.91 Å². The molecule has 0 unspecified atom stereocenters. The van der Waals surface area contributed by atoms with Crippen molar-refractivity contribution in [2.24, 2.45) is 0 Å². The van der Waals surface area contributed by atoms with E-state index in [1.54, 1.807) is 25.4 Å². The zero-order chi connectivity index (χ0) is 14.7. The number of amides is 1. The largest absolute Gasteiger partial charge is 0.481 e. The van der Waals surface area contributed by atoms with Gasteiger partial charge in [-0.15, -0.1) is 0 Å². The molecule has 5 nitrogen and oxygen atoms in total. The molecule has 5 heteroatoms. The Morgan fingerprint density at radius 3 is 2.65 bits per heavy atom. The summed E-state index contributed by atoms with van der Waals surface area (Å²) in [5, 5.41) is 2.84.